The Labute approximate surface area is 169 Å². The predicted octanol–water partition coefficient (Wildman–Crippen LogP) is 6.03. The van der Waals surface area contributed by atoms with Crippen LogP contribution in [0.3, 0.4) is 0 Å². The molecule has 1 aliphatic rings. The van der Waals surface area contributed by atoms with Gasteiger partial charge >= 0.3 is 0 Å². The molecule has 27 heavy (non-hydrogen) atoms. The minimum Gasteiger partial charge on any atom is -0.122 e. The number of hydrogen-bond donors (Lipinski definition) is 0. The molecule has 133 valence electrons. The summed E-state index contributed by atoms with van der Waals surface area (Å²) in [6.45, 7) is 2.32. The zero-order chi connectivity index (χ0) is 18.5. The molecule has 0 spiro atoms. The van der Waals surface area contributed by atoms with E-state index in [-0.39, 0.29) is 0 Å². The molecule has 0 N–H and O–H groups in total. The minimum absolute atomic E-state index is 0.412. The smallest absolute Gasteiger partial charge is 0.0206 e. The summed E-state index contributed by atoms with van der Waals surface area (Å²) in [7, 11) is -0.550. The van der Waals surface area contributed by atoms with Gasteiger partial charge in [-0.15, -0.1) is 11.8 Å². The Morgan fingerprint density at radius 2 is 1.19 bits per heavy atom. The van der Waals surface area contributed by atoms with Crippen LogP contribution >= 0.6 is 19.7 Å². The van der Waals surface area contributed by atoms with E-state index in [1.165, 1.54) is 27.1 Å². The van der Waals surface area contributed by atoms with Gasteiger partial charge in [0.25, 0.3) is 0 Å². The predicted molar refractivity (Wildman–Crippen MR) is 120 cm³/mol. The molecule has 0 saturated heterocycles. The molecular formula is C25H22PS. The van der Waals surface area contributed by atoms with Crippen LogP contribution in [0.2, 0.25) is 0 Å². The fraction of sp³-hybridized carbons (Fsp3) is 0.0800. The third-order valence-corrected chi connectivity index (χ3v) is 8.26. The van der Waals surface area contributed by atoms with E-state index < -0.39 is 7.92 Å². The van der Waals surface area contributed by atoms with E-state index in [1.54, 1.807) is 0 Å². The standard InChI is InChI=1S/C25H22PS/c1-20(27-23-16-9-4-10-17-23)24-18-11-19-25(24)26(21-12-5-2-6-13-21)22-14-7-3-8-15-22/h2-20H,1H3/t20-/m0/s1. The van der Waals surface area contributed by atoms with Gasteiger partial charge in [-0.05, 0) is 49.9 Å². The number of thioether (sulfide) groups is 1. The van der Waals surface area contributed by atoms with Crippen LogP contribution in [0.5, 0.6) is 0 Å². The molecule has 0 nitrogen and oxygen atoms in total. The maximum Gasteiger partial charge on any atom is 0.0206 e. The molecule has 0 amide bonds. The topological polar surface area (TPSA) is 0 Å². The summed E-state index contributed by atoms with van der Waals surface area (Å²) in [4.78, 5) is 1.32. The number of benzene rings is 3. The highest BCUT2D eigenvalue weighted by Gasteiger charge is 2.39. The molecule has 4 rings (SSSR count). The first kappa shape index (κ1) is 18.8. The molecule has 1 saturated carbocycles. The first-order chi connectivity index (χ1) is 13.3. The van der Waals surface area contributed by atoms with Crippen molar-refractivity contribution in [1.29, 1.82) is 0 Å². The molecule has 1 fully saturated rings. The zero-order valence-electron chi connectivity index (χ0n) is 15.3. The van der Waals surface area contributed by atoms with Gasteiger partial charge in [-0.3, -0.25) is 0 Å². The van der Waals surface area contributed by atoms with Crippen LogP contribution in [-0.2, 0) is 0 Å². The highest BCUT2D eigenvalue weighted by molar-refractivity contribution is 8.00. The largest absolute Gasteiger partial charge is 0.122 e. The van der Waals surface area contributed by atoms with Crippen LogP contribution < -0.4 is 10.6 Å². The summed E-state index contributed by atoms with van der Waals surface area (Å²) in [5.74, 6) is 1.45. The summed E-state index contributed by atoms with van der Waals surface area (Å²) < 4.78 is 0. The normalized spacial score (nSPS) is 16.7. The van der Waals surface area contributed by atoms with Gasteiger partial charge in [-0.25, -0.2) is 0 Å². The molecule has 0 heterocycles. The third kappa shape index (κ3) is 4.48. The summed E-state index contributed by atoms with van der Waals surface area (Å²) in [6, 6.07) is 32.6. The Morgan fingerprint density at radius 3 is 1.74 bits per heavy atom. The highest BCUT2D eigenvalue weighted by Crippen LogP contribution is 2.58. The lowest BCUT2D eigenvalue weighted by atomic mass is 10.0. The molecule has 0 bridgehead atoms. The number of hydrogen-bond acceptors (Lipinski definition) is 1. The lowest BCUT2D eigenvalue weighted by Gasteiger charge is -2.32. The third-order valence-electron chi connectivity index (χ3n) is 4.59. The summed E-state index contributed by atoms with van der Waals surface area (Å²) in [5, 5.41) is 3.22. The van der Waals surface area contributed by atoms with Gasteiger partial charge in [0.2, 0.25) is 0 Å². The summed E-state index contributed by atoms with van der Waals surface area (Å²) in [5.41, 5.74) is 1.47. The van der Waals surface area contributed by atoms with Gasteiger partial charge in [0.05, 0.1) is 0 Å². The van der Waals surface area contributed by atoms with Gasteiger partial charge in [0.1, 0.15) is 0 Å². The van der Waals surface area contributed by atoms with Crippen molar-refractivity contribution in [1.82, 2.24) is 0 Å². The lowest BCUT2D eigenvalue weighted by Crippen LogP contribution is -2.22. The van der Waals surface area contributed by atoms with Gasteiger partial charge in [0, 0.05) is 21.7 Å². The molecule has 2 heteroatoms. The van der Waals surface area contributed by atoms with Crippen LogP contribution in [0.4, 0.5) is 0 Å². The van der Waals surface area contributed by atoms with Crippen molar-refractivity contribution in [2.75, 3.05) is 0 Å². The van der Waals surface area contributed by atoms with Crippen molar-refractivity contribution < 1.29 is 0 Å². The zero-order valence-corrected chi connectivity index (χ0v) is 17.0. The quantitative estimate of drug-likeness (QED) is 0.369. The fourth-order valence-electron chi connectivity index (χ4n) is 3.32. The fourth-order valence-corrected chi connectivity index (χ4v) is 7.02. The molecule has 1 atom stereocenters. The average molecular weight is 385 g/mol. The average Bonchev–Trinajstić information content (AvgIpc) is 3.20. The molecule has 3 aromatic rings. The number of rotatable bonds is 6. The molecule has 5 radical (unpaired) electrons. The molecule has 0 aromatic heterocycles. The Morgan fingerprint density at radius 1 is 0.667 bits per heavy atom. The van der Waals surface area contributed by atoms with Gasteiger partial charge in [-0.2, -0.15) is 0 Å². The molecule has 3 aromatic carbocycles. The Kier molecular flexibility index (Phi) is 6.32. The maximum atomic E-state index is 2.32. The molecule has 0 aliphatic heterocycles. The van der Waals surface area contributed by atoms with Crippen molar-refractivity contribution >= 4 is 30.3 Å². The van der Waals surface area contributed by atoms with E-state index >= 15 is 0 Å². The summed E-state index contributed by atoms with van der Waals surface area (Å²) in [6.07, 6.45) is 6.84. The monoisotopic (exact) mass is 385 g/mol. The van der Waals surface area contributed by atoms with Crippen molar-refractivity contribution in [3.8, 4) is 0 Å². The second-order valence-corrected chi connectivity index (χ2v) is 10.0. The van der Waals surface area contributed by atoms with Crippen LogP contribution in [0.25, 0.3) is 0 Å². The van der Waals surface area contributed by atoms with E-state index in [9.17, 15) is 0 Å². The molecule has 1 aliphatic carbocycles. The van der Waals surface area contributed by atoms with E-state index in [1.807, 2.05) is 11.8 Å². The van der Waals surface area contributed by atoms with Crippen molar-refractivity contribution in [2.24, 2.45) is 0 Å². The first-order valence-corrected chi connectivity index (χ1v) is 11.4. The van der Waals surface area contributed by atoms with Gasteiger partial charge in [0.15, 0.2) is 0 Å². The van der Waals surface area contributed by atoms with Crippen LogP contribution in [0, 0.1) is 30.8 Å². The summed E-state index contributed by atoms with van der Waals surface area (Å²) >= 11 is 1.93. The second-order valence-electron chi connectivity index (χ2n) is 6.45. The van der Waals surface area contributed by atoms with Crippen LogP contribution in [0.15, 0.2) is 95.9 Å². The second kappa shape index (κ2) is 9.09. The molecule has 0 unspecified atom stereocenters. The maximum absolute atomic E-state index is 2.32. The van der Waals surface area contributed by atoms with Crippen molar-refractivity contribution in [3.63, 3.8) is 0 Å². The Bertz CT molecular complexity index is 779. The van der Waals surface area contributed by atoms with E-state index in [2.05, 4.69) is 117 Å². The molecular weight excluding hydrogens is 363 g/mol. The van der Waals surface area contributed by atoms with Crippen LogP contribution in [-0.4, -0.2) is 5.25 Å². The Hall–Kier alpha value is -1.56. The van der Waals surface area contributed by atoms with Gasteiger partial charge in [-0.1, -0.05) is 85.8 Å². The van der Waals surface area contributed by atoms with Gasteiger partial charge < -0.3 is 0 Å². The minimum atomic E-state index is -0.550. The van der Waals surface area contributed by atoms with Crippen molar-refractivity contribution in [3.05, 3.63) is 122 Å². The van der Waals surface area contributed by atoms with E-state index in [0.717, 1.165) is 0 Å². The lowest BCUT2D eigenvalue weighted by molar-refractivity contribution is 1.01. The van der Waals surface area contributed by atoms with E-state index in [0.29, 0.717) is 5.25 Å². The highest BCUT2D eigenvalue weighted by atomic mass is 32.2. The first-order valence-electron chi connectivity index (χ1n) is 9.20. The Balaban J connectivity index is 1.62. The SMILES string of the molecule is C[C@H](Sc1ccccc1)[C]1[CH][CH][CH][C]1P(c1ccccc1)c1ccccc1. The van der Waals surface area contributed by atoms with Crippen molar-refractivity contribution in [2.45, 2.75) is 17.1 Å². The van der Waals surface area contributed by atoms with Crippen LogP contribution in [0.1, 0.15) is 6.92 Å². The van der Waals surface area contributed by atoms with E-state index in [4.69, 9.17) is 0 Å².